The smallest absolute Gasteiger partial charge is 0.222 e. The van der Waals surface area contributed by atoms with E-state index in [1.165, 1.54) is 11.3 Å². The monoisotopic (exact) mass is 252 g/mol. The summed E-state index contributed by atoms with van der Waals surface area (Å²) in [6.45, 7) is 5.76. The fourth-order valence-corrected chi connectivity index (χ4v) is 1.99. The fourth-order valence-electron chi connectivity index (χ4n) is 1.99. The van der Waals surface area contributed by atoms with Crippen LogP contribution in [0.5, 0.6) is 0 Å². The zero-order valence-electron chi connectivity index (χ0n) is 12.1. The number of aryl methyl sites for hydroxylation is 2. The van der Waals surface area contributed by atoms with E-state index in [9.17, 15) is 4.79 Å². The summed E-state index contributed by atoms with van der Waals surface area (Å²) in [5.41, 5.74) is 3.52. The zero-order valence-corrected chi connectivity index (χ0v) is 12.1. The van der Waals surface area contributed by atoms with Gasteiger partial charge in [0.15, 0.2) is 0 Å². The Labute approximate surface area is 109 Å². The first-order valence-electron chi connectivity index (χ1n) is 6.35. The summed E-state index contributed by atoms with van der Waals surface area (Å²) in [6.07, 6.45) is 1.41. The minimum absolute atomic E-state index is 0.173. The van der Waals surface area contributed by atoms with E-state index in [1.807, 2.05) is 18.7 Å². The van der Waals surface area contributed by atoms with Crippen LogP contribution in [0.1, 0.15) is 29.8 Å². The van der Waals surface area contributed by atoms with Crippen molar-refractivity contribution in [3.05, 3.63) is 17.0 Å². The Kier molecular flexibility index (Phi) is 5.34. The van der Waals surface area contributed by atoms with E-state index >= 15 is 0 Å². The molecule has 0 atom stereocenters. The van der Waals surface area contributed by atoms with Gasteiger partial charge in [0.25, 0.3) is 0 Å². The van der Waals surface area contributed by atoms with Crippen LogP contribution in [0.15, 0.2) is 0 Å². The van der Waals surface area contributed by atoms with Crippen LogP contribution in [0, 0.1) is 13.8 Å². The minimum Gasteiger partial charge on any atom is -0.349 e. The largest absolute Gasteiger partial charge is 0.349 e. The molecule has 1 rings (SSSR count). The maximum absolute atomic E-state index is 11.5. The molecule has 0 fully saturated rings. The molecule has 0 unspecified atom stereocenters. The van der Waals surface area contributed by atoms with Gasteiger partial charge in [-0.25, -0.2) is 0 Å². The summed E-state index contributed by atoms with van der Waals surface area (Å²) in [5, 5.41) is 7.68. The summed E-state index contributed by atoms with van der Waals surface area (Å²) in [5.74, 6) is 0.173. The first kappa shape index (κ1) is 14.7. The molecule has 18 heavy (non-hydrogen) atoms. The summed E-state index contributed by atoms with van der Waals surface area (Å²) < 4.78 is 2.00. The Morgan fingerprint density at radius 2 is 2.06 bits per heavy atom. The normalized spacial score (nSPS) is 10.7. The van der Waals surface area contributed by atoms with Gasteiger partial charge in [-0.05, 0) is 27.3 Å². The molecule has 0 saturated carbocycles. The van der Waals surface area contributed by atoms with Crippen LogP contribution < -0.4 is 5.32 Å². The average Bonchev–Trinajstić information content (AvgIpc) is 2.57. The first-order chi connectivity index (χ1) is 8.47. The molecule has 0 saturated heterocycles. The lowest BCUT2D eigenvalue weighted by atomic mass is 10.2. The molecule has 5 nitrogen and oxygen atoms in total. The third-order valence-corrected chi connectivity index (χ3v) is 3.14. The Bertz CT molecular complexity index is 409. The number of nitrogens with zero attached hydrogens (tertiary/aromatic N) is 3. The number of rotatable bonds is 6. The van der Waals surface area contributed by atoms with Crippen LogP contribution in [0.4, 0.5) is 0 Å². The van der Waals surface area contributed by atoms with E-state index in [4.69, 9.17) is 0 Å². The molecular weight excluding hydrogens is 228 g/mol. The van der Waals surface area contributed by atoms with Gasteiger partial charge in [-0.15, -0.1) is 0 Å². The second-order valence-electron chi connectivity index (χ2n) is 4.79. The van der Waals surface area contributed by atoms with Gasteiger partial charge in [-0.2, -0.15) is 5.10 Å². The third-order valence-electron chi connectivity index (χ3n) is 3.14. The second kappa shape index (κ2) is 6.54. The lowest BCUT2D eigenvalue weighted by Gasteiger charge is -2.10. The fraction of sp³-hybridized carbons (Fsp3) is 0.692. The first-order valence-corrected chi connectivity index (χ1v) is 6.35. The molecule has 0 bridgehead atoms. The second-order valence-corrected chi connectivity index (χ2v) is 4.79. The summed E-state index contributed by atoms with van der Waals surface area (Å²) in [6, 6.07) is 0. The van der Waals surface area contributed by atoms with Crippen molar-refractivity contribution in [2.45, 2.75) is 39.8 Å². The van der Waals surface area contributed by atoms with Gasteiger partial charge in [0, 0.05) is 44.9 Å². The van der Waals surface area contributed by atoms with Crippen LogP contribution in [0.25, 0.3) is 0 Å². The third kappa shape index (κ3) is 3.57. The predicted octanol–water partition coefficient (Wildman–Crippen LogP) is 1.09. The van der Waals surface area contributed by atoms with Gasteiger partial charge in [-0.1, -0.05) is 0 Å². The molecular formula is C13H24N4O. The van der Waals surface area contributed by atoms with Crippen LogP contribution in [-0.4, -0.2) is 41.7 Å². The predicted molar refractivity (Wildman–Crippen MR) is 72.4 cm³/mol. The molecule has 1 heterocycles. The zero-order chi connectivity index (χ0) is 13.7. The number of carbonyl (C=O) groups excluding carboxylic acids is 1. The van der Waals surface area contributed by atoms with Crippen molar-refractivity contribution in [1.82, 2.24) is 20.0 Å². The van der Waals surface area contributed by atoms with Crippen LogP contribution in [0.3, 0.4) is 0 Å². The molecule has 1 amide bonds. The highest BCUT2D eigenvalue weighted by atomic mass is 16.2. The Hall–Kier alpha value is -1.36. The van der Waals surface area contributed by atoms with Crippen LogP contribution in [-0.2, 0) is 17.9 Å². The molecule has 0 radical (unpaired) electrons. The molecule has 0 aliphatic heterocycles. The molecule has 1 aromatic rings. The molecule has 102 valence electrons. The Morgan fingerprint density at radius 1 is 1.39 bits per heavy atom. The van der Waals surface area contributed by atoms with E-state index in [0.717, 1.165) is 25.2 Å². The van der Waals surface area contributed by atoms with E-state index in [1.54, 1.807) is 19.0 Å². The molecule has 0 aliphatic carbocycles. The number of aromatic nitrogens is 2. The topological polar surface area (TPSA) is 50.2 Å². The lowest BCUT2D eigenvalue weighted by molar-refractivity contribution is -0.128. The maximum Gasteiger partial charge on any atom is 0.222 e. The maximum atomic E-state index is 11.5. The van der Waals surface area contributed by atoms with Crippen molar-refractivity contribution in [1.29, 1.82) is 0 Å². The minimum atomic E-state index is 0.173. The summed E-state index contributed by atoms with van der Waals surface area (Å²) in [7, 11) is 5.51. The Morgan fingerprint density at radius 3 is 2.61 bits per heavy atom. The number of carbonyl (C=O) groups is 1. The highest BCUT2D eigenvalue weighted by Gasteiger charge is 2.11. The van der Waals surface area contributed by atoms with Gasteiger partial charge in [0.05, 0.1) is 5.69 Å². The number of hydrogen-bond acceptors (Lipinski definition) is 3. The molecule has 5 heteroatoms. The summed E-state index contributed by atoms with van der Waals surface area (Å²) >= 11 is 0. The van der Waals surface area contributed by atoms with E-state index in [2.05, 4.69) is 17.3 Å². The average molecular weight is 252 g/mol. The van der Waals surface area contributed by atoms with Crippen LogP contribution >= 0.6 is 0 Å². The SMILES string of the molecule is CNCc1c(C)nn(CCCC(=O)N(C)C)c1C. The molecule has 0 spiro atoms. The molecule has 1 aromatic heterocycles. The highest BCUT2D eigenvalue weighted by molar-refractivity contribution is 5.75. The van der Waals surface area contributed by atoms with Gasteiger partial charge in [0.2, 0.25) is 5.91 Å². The van der Waals surface area contributed by atoms with E-state index in [0.29, 0.717) is 6.42 Å². The molecule has 0 aliphatic rings. The highest BCUT2D eigenvalue weighted by Crippen LogP contribution is 2.13. The molecule has 0 aromatic carbocycles. The van der Waals surface area contributed by atoms with E-state index in [-0.39, 0.29) is 5.91 Å². The van der Waals surface area contributed by atoms with Crippen molar-refractivity contribution in [2.75, 3.05) is 21.1 Å². The van der Waals surface area contributed by atoms with Crippen molar-refractivity contribution in [2.24, 2.45) is 0 Å². The van der Waals surface area contributed by atoms with E-state index < -0.39 is 0 Å². The van der Waals surface area contributed by atoms with Crippen LogP contribution in [0.2, 0.25) is 0 Å². The van der Waals surface area contributed by atoms with Gasteiger partial charge in [0.1, 0.15) is 0 Å². The van der Waals surface area contributed by atoms with Crippen molar-refractivity contribution in [3.63, 3.8) is 0 Å². The number of nitrogens with one attached hydrogen (secondary N) is 1. The van der Waals surface area contributed by atoms with Crippen molar-refractivity contribution in [3.8, 4) is 0 Å². The standard InChI is InChI=1S/C13H24N4O/c1-10-12(9-14-3)11(2)17(15-10)8-6-7-13(18)16(4)5/h14H,6-9H2,1-5H3. The van der Waals surface area contributed by atoms with Crippen molar-refractivity contribution < 1.29 is 4.79 Å². The lowest BCUT2D eigenvalue weighted by Crippen LogP contribution is -2.21. The summed E-state index contributed by atoms with van der Waals surface area (Å²) in [4.78, 5) is 13.1. The van der Waals surface area contributed by atoms with Crippen molar-refractivity contribution >= 4 is 5.91 Å². The van der Waals surface area contributed by atoms with Gasteiger partial charge in [-0.3, -0.25) is 9.48 Å². The number of amides is 1. The quantitative estimate of drug-likeness (QED) is 0.824. The molecule has 1 N–H and O–H groups in total. The van der Waals surface area contributed by atoms with Gasteiger partial charge < -0.3 is 10.2 Å². The Balaban J connectivity index is 2.58. The number of hydrogen-bond donors (Lipinski definition) is 1. The van der Waals surface area contributed by atoms with Gasteiger partial charge >= 0.3 is 0 Å².